The molecular formula is C23H21FN4O3. The van der Waals surface area contributed by atoms with Gasteiger partial charge in [0.1, 0.15) is 23.1 Å². The fourth-order valence-corrected chi connectivity index (χ4v) is 3.64. The van der Waals surface area contributed by atoms with Crippen molar-refractivity contribution in [3.05, 3.63) is 82.6 Å². The summed E-state index contributed by atoms with van der Waals surface area (Å²) in [5.74, 6) is 0.228. The number of benzene rings is 1. The Bertz CT molecular complexity index is 1130. The molecule has 0 unspecified atom stereocenters. The fourth-order valence-electron chi connectivity index (χ4n) is 3.64. The van der Waals surface area contributed by atoms with Gasteiger partial charge in [0, 0.05) is 31.8 Å². The molecule has 0 bridgehead atoms. The van der Waals surface area contributed by atoms with Crippen LogP contribution >= 0.6 is 0 Å². The van der Waals surface area contributed by atoms with E-state index in [-0.39, 0.29) is 11.8 Å². The molecule has 4 rings (SSSR count). The van der Waals surface area contributed by atoms with Gasteiger partial charge in [-0.05, 0) is 53.4 Å². The molecule has 0 saturated carbocycles. The van der Waals surface area contributed by atoms with Crippen molar-refractivity contribution in [2.45, 2.75) is 12.8 Å². The lowest BCUT2D eigenvalue weighted by atomic mass is 9.93. The summed E-state index contributed by atoms with van der Waals surface area (Å²) < 4.78 is 18.8. The van der Waals surface area contributed by atoms with Crippen molar-refractivity contribution in [1.29, 1.82) is 0 Å². The molecule has 1 aliphatic heterocycles. The van der Waals surface area contributed by atoms with E-state index >= 15 is 0 Å². The molecule has 3 heterocycles. The highest BCUT2D eigenvalue weighted by Gasteiger charge is 2.28. The van der Waals surface area contributed by atoms with E-state index < -0.39 is 5.82 Å². The molecule has 0 aliphatic carbocycles. The zero-order valence-electron chi connectivity index (χ0n) is 17.2. The van der Waals surface area contributed by atoms with Crippen molar-refractivity contribution < 1.29 is 18.7 Å². The summed E-state index contributed by atoms with van der Waals surface area (Å²) in [6, 6.07) is 10.0. The quantitative estimate of drug-likeness (QED) is 0.686. The number of methoxy groups -OCH3 is 1. The summed E-state index contributed by atoms with van der Waals surface area (Å²) in [5, 5.41) is 2.54. The normalized spacial score (nSPS) is 13.0. The van der Waals surface area contributed by atoms with Gasteiger partial charge >= 0.3 is 0 Å². The summed E-state index contributed by atoms with van der Waals surface area (Å²) in [6.07, 6.45) is 3.87. The first-order valence-electron chi connectivity index (χ1n) is 9.80. The van der Waals surface area contributed by atoms with E-state index in [9.17, 15) is 14.0 Å². The van der Waals surface area contributed by atoms with E-state index in [2.05, 4.69) is 15.3 Å². The van der Waals surface area contributed by atoms with Gasteiger partial charge < -0.3 is 10.1 Å². The number of nitrogens with one attached hydrogen (secondary N) is 1. The molecule has 7 nitrogen and oxygen atoms in total. The Kier molecular flexibility index (Phi) is 5.62. The van der Waals surface area contributed by atoms with E-state index in [1.54, 1.807) is 31.3 Å². The molecule has 0 radical (unpaired) electrons. The molecule has 158 valence electrons. The number of amides is 2. The molecule has 3 aromatic rings. The lowest BCUT2D eigenvalue weighted by Gasteiger charge is -2.28. The van der Waals surface area contributed by atoms with Crippen LogP contribution < -0.4 is 15.0 Å². The van der Waals surface area contributed by atoms with Gasteiger partial charge in [0.2, 0.25) is 0 Å². The summed E-state index contributed by atoms with van der Waals surface area (Å²) in [4.78, 5) is 34.6. The number of halogens is 1. The lowest BCUT2D eigenvalue weighted by Crippen LogP contribution is -2.38. The van der Waals surface area contributed by atoms with Crippen molar-refractivity contribution in [2.24, 2.45) is 0 Å². The lowest BCUT2D eigenvalue weighted by molar-refractivity contribution is 0.0955. The number of carbonyl (C=O) groups excluding carboxylic acids is 2. The maximum absolute atomic E-state index is 13.2. The molecule has 0 fully saturated rings. The zero-order valence-corrected chi connectivity index (χ0v) is 17.2. The van der Waals surface area contributed by atoms with Gasteiger partial charge in [-0.3, -0.25) is 19.5 Å². The number of fused-ring (bicyclic) bond motifs is 1. The average molecular weight is 420 g/mol. The SMILES string of the molecule is CNC(=O)c1ccc(Cc2cc3c(cc2OC)CCN(c2ccc(F)cn2)C3=O)cn1. The third kappa shape index (κ3) is 4.09. The third-order valence-corrected chi connectivity index (χ3v) is 5.25. The molecule has 0 atom stereocenters. The van der Waals surface area contributed by atoms with Gasteiger partial charge in [-0.1, -0.05) is 6.07 Å². The standard InChI is InChI=1S/C23H21FN4O3/c1-25-22(29)19-5-3-14(12-26-19)9-16-10-18-15(11-20(16)31-2)7-8-28(23(18)30)21-6-4-17(24)13-27-21/h3-6,10-13H,7-9H2,1-2H3,(H,25,29). The Morgan fingerprint density at radius 3 is 2.68 bits per heavy atom. The Balaban J connectivity index is 1.64. The molecular weight excluding hydrogens is 399 g/mol. The highest BCUT2D eigenvalue weighted by atomic mass is 19.1. The second-order valence-corrected chi connectivity index (χ2v) is 7.17. The maximum Gasteiger partial charge on any atom is 0.269 e. The molecule has 8 heteroatoms. The van der Waals surface area contributed by atoms with E-state index in [1.807, 2.05) is 18.2 Å². The van der Waals surface area contributed by atoms with Crippen LogP contribution in [0.1, 0.15) is 37.5 Å². The van der Waals surface area contributed by atoms with E-state index in [4.69, 9.17) is 4.74 Å². The molecule has 1 N–H and O–H groups in total. The van der Waals surface area contributed by atoms with Crippen LogP contribution in [0.25, 0.3) is 0 Å². The highest BCUT2D eigenvalue weighted by molar-refractivity contribution is 6.08. The number of nitrogens with zero attached hydrogens (tertiary/aromatic N) is 3. The van der Waals surface area contributed by atoms with Crippen LogP contribution in [0.4, 0.5) is 10.2 Å². The van der Waals surface area contributed by atoms with Gasteiger partial charge in [-0.2, -0.15) is 0 Å². The van der Waals surface area contributed by atoms with E-state index in [0.29, 0.717) is 42.2 Å². The van der Waals surface area contributed by atoms with Crippen LogP contribution in [-0.4, -0.2) is 42.5 Å². The van der Waals surface area contributed by atoms with Crippen molar-refractivity contribution >= 4 is 17.6 Å². The third-order valence-electron chi connectivity index (χ3n) is 5.25. The number of rotatable bonds is 5. The van der Waals surface area contributed by atoms with E-state index in [1.165, 1.54) is 12.1 Å². The number of hydrogen-bond donors (Lipinski definition) is 1. The number of aromatic nitrogens is 2. The number of ether oxygens (including phenoxy) is 1. The summed E-state index contributed by atoms with van der Waals surface area (Å²) in [6.45, 7) is 0.456. The Labute approximate surface area is 178 Å². The number of carbonyl (C=O) groups is 2. The fraction of sp³-hybridized carbons (Fsp3) is 0.217. The first-order valence-corrected chi connectivity index (χ1v) is 9.80. The largest absolute Gasteiger partial charge is 0.496 e. The second kappa shape index (κ2) is 8.51. The van der Waals surface area contributed by atoms with Crippen LogP contribution in [0.3, 0.4) is 0 Å². The van der Waals surface area contributed by atoms with Crippen LogP contribution in [0, 0.1) is 5.82 Å². The van der Waals surface area contributed by atoms with Crippen molar-refractivity contribution in [3.8, 4) is 5.75 Å². The number of hydrogen-bond acceptors (Lipinski definition) is 5. The van der Waals surface area contributed by atoms with Gasteiger partial charge in [0.15, 0.2) is 0 Å². The Morgan fingerprint density at radius 2 is 2.03 bits per heavy atom. The molecule has 2 amide bonds. The monoisotopic (exact) mass is 420 g/mol. The Morgan fingerprint density at radius 1 is 1.19 bits per heavy atom. The van der Waals surface area contributed by atoms with Crippen molar-refractivity contribution in [3.63, 3.8) is 0 Å². The smallest absolute Gasteiger partial charge is 0.269 e. The summed E-state index contributed by atoms with van der Waals surface area (Å²) in [7, 11) is 3.15. The number of anilines is 1. The number of pyridine rings is 2. The topological polar surface area (TPSA) is 84.4 Å². The molecule has 1 aromatic carbocycles. The van der Waals surface area contributed by atoms with Crippen molar-refractivity contribution in [1.82, 2.24) is 15.3 Å². The molecule has 2 aromatic heterocycles. The molecule has 1 aliphatic rings. The van der Waals surface area contributed by atoms with Crippen LogP contribution in [0.2, 0.25) is 0 Å². The highest BCUT2D eigenvalue weighted by Crippen LogP contribution is 2.31. The summed E-state index contributed by atoms with van der Waals surface area (Å²) >= 11 is 0. The molecule has 31 heavy (non-hydrogen) atoms. The predicted octanol–water partition coefficient (Wildman–Crippen LogP) is 2.78. The van der Waals surface area contributed by atoms with Gasteiger partial charge in [0.05, 0.1) is 13.3 Å². The second-order valence-electron chi connectivity index (χ2n) is 7.17. The summed E-state index contributed by atoms with van der Waals surface area (Å²) in [5.41, 5.74) is 3.52. The average Bonchev–Trinajstić information content (AvgIpc) is 2.80. The minimum atomic E-state index is -0.448. The minimum absolute atomic E-state index is 0.183. The first-order chi connectivity index (χ1) is 15.0. The van der Waals surface area contributed by atoms with Gasteiger partial charge in [0.25, 0.3) is 11.8 Å². The first kappa shape index (κ1) is 20.5. The van der Waals surface area contributed by atoms with Gasteiger partial charge in [-0.15, -0.1) is 0 Å². The predicted molar refractivity (Wildman–Crippen MR) is 113 cm³/mol. The van der Waals surface area contributed by atoms with Crippen LogP contribution in [0.15, 0.2) is 48.8 Å². The van der Waals surface area contributed by atoms with E-state index in [0.717, 1.165) is 22.9 Å². The van der Waals surface area contributed by atoms with Crippen LogP contribution in [0.5, 0.6) is 5.75 Å². The van der Waals surface area contributed by atoms with Crippen LogP contribution in [-0.2, 0) is 12.8 Å². The minimum Gasteiger partial charge on any atom is -0.496 e. The Hall–Kier alpha value is -3.81. The van der Waals surface area contributed by atoms with Crippen molar-refractivity contribution in [2.75, 3.05) is 25.6 Å². The maximum atomic E-state index is 13.2. The molecule has 0 spiro atoms. The van der Waals surface area contributed by atoms with Gasteiger partial charge in [-0.25, -0.2) is 9.37 Å². The molecule has 0 saturated heterocycles. The zero-order chi connectivity index (χ0) is 22.0.